The molecule has 23 heavy (non-hydrogen) atoms. The zero-order valence-corrected chi connectivity index (χ0v) is 14.9. The number of aromatic nitrogens is 1. The molecular formula is C18H24N2O2S. The molecule has 1 aromatic carbocycles. The van der Waals surface area contributed by atoms with E-state index in [0.29, 0.717) is 5.75 Å². The maximum absolute atomic E-state index is 12.8. The van der Waals surface area contributed by atoms with Crippen molar-refractivity contribution in [1.82, 2.24) is 10.1 Å². The Morgan fingerprint density at radius 2 is 1.91 bits per heavy atom. The molecule has 124 valence electrons. The molecule has 2 aromatic rings. The smallest absolute Gasteiger partial charge is 0.254 e. The molecule has 0 saturated heterocycles. The summed E-state index contributed by atoms with van der Waals surface area (Å²) < 4.78 is 5.24. The number of rotatable bonds is 8. The molecule has 1 amide bonds. The average Bonchev–Trinajstić information content (AvgIpc) is 2.98. The van der Waals surface area contributed by atoms with E-state index in [1.807, 2.05) is 42.2 Å². The van der Waals surface area contributed by atoms with E-state index in [1.165, 1.54) is 0 Å². The quantitative estimate of drug-likeness (QED) is 0.666. The third-order valence-electron chi connectivity index (χ3n) is 3.44. The van der Waals surface area contributed by atoms with Gasteiger partial charge in [-0.3, -0.25) is 4.79 Å². The number of carbonyl (C=O) groups excluding carboxylic acids is 1. The molecule has 0 spiro atoms. The lowest BCUT2D eigenvalue weighted by Crippen LogP contribution is -2.32. The van der Waals surface area contributed by atoms with Crippen LogP contribution < -0.4 is 0 Å². The highest BCUT2D eigenvalue weighted by Crippen LogP contribution is 2.27. The molecule has 0 fully saturated rings. The summed E-state index contributed by atoms with van der Waals surface area (Å²) in [7, 11) is 0. The van der Waals surface area contributed by atoms with Crippen molar-refractivity contribution in [3.8, 4) is 0 Å². The predicted octanol–water partition coefficient (Wildman–Crippen LogP) is 4.54. The summed E-state index contributed by atoms with van der Waals surface area (Å²) in [5, 5.41) is 3.90. The van der Waals surface area contributed by atoms with E-state index in [1.54, 1.807) is 11.8 Å². The van der Waals surface area contributed by atoms with E-state index in [4.69, 9.17) is 4.52 Å². The van der Waals surface area contributed by atoms with Gasteiger partial charge in [0.1, 0.15) is 5.76 Å². The van der Waals surface area contributed by atoms with Crippen LogP contribution in [0.2, 0.25) is 0 Å². The fourth-order valence-corrected chi connectivity index (χ4v) is 3.35. The Hall–Kier alpha value is -1.75. The molecule has 0 unspecified atom stereocenters. The lowest BCUT2D eigenvalue weighted by atomic mass is 10.2. The van der Waals surface area contributed by atoms with Gasteiger partial charge in [0.05, 0.1) is 17.0 Å². The van der Waals surface area contributed by atoms with Gasteiger partial charge in [0.2, 0.25) is 0 Å². The van der Waals surface area contributed by atoms with Crippen LogP contribution in [0.15, 0.2) is 39.8 Å². The number of hydrogen-bond acceptors (Lipinski definition) is 4. The van der Waals surface area contributed by atoms with Gasteiger partial charge in [0.25, 0.3) is 5.91 Å². The highest BCUT2D eigenvalue weighted by Gasteiger charge is 2.18. The molecule has 0 bridgehead atoms. The van der Waals surface area contributed by atoms with E-state index < -0.39 is 0 Å². The zero-order valence-electron chi connectivity index (χ0n) is 14.0. The second kappa shape index (κ2) is 8.77. The molecule has 1 aromatic heterocycles. The first-order chi connectivity index (χ1) is 11.2. The molecule has 5 heteroatoms. The van der Waals surface area contributed by atoms with E-state index in [0.717, 1.165) is 47.8 Å². The van der Waals surface area contributed by atoms with Crippen molar-refractivity contribution in [3.63, 3.8) is 0 Å². The second-order valence-corrected chi connectivity index (χ2v) is 6.53. The minimum atomic E-state index is 0.116. The molecular weight excluding hydrogens is 308 g/mol. The third kappa shape index (κ3) is 4.86. The van der Waals surface area contributed by atoms with E-state index in [-0.39, 0.29) is 5.91 Å². The van der Waals surface area contributed by atoms with Gasteiger partial charge in [0, 0.05) is 24.1 Å². The Morgan fingerprint density at radius 3 is 2.52 bits per heavy atom. The van der Waals surface area contributed by atoms with E-state index in [9.17, 15) is 4.79 Å². The standard InChI is InChI=1S/C18H24N2O2S/c1-4-10-20(11-5-2)18(21)16-8-6-7-9-17(16)23-13-15-12-14(3)19-22-15/h6-9,12H,4-5,10-11,13H2,1-3H3. The van der Waals surface area contributed by atoms with Crippen molar-refractivity contribution in [2.45, 2.75) is 44.3 Å². The average molecular weight is 332 g/mol. The number of thioether (sulfide) groups is 1. The predicted molar refractivity (Wildman–Crippen MR) is 93.7 cm³/mol. The van der Waals surface area contributed by atoms with Gasteiger partial charge < -0.3 is 9.42 Å². The van der Waals surface area contributed by atoms with Crippen LogP contribution in [0.25, 0.3) is 0 Å². The maximum Gasteiger partial charge on any atom is 0.254 e. The van der Waals surface area contributed by atoms with Gasteiger partial charge in [-0.1, -0.05) is 31.1 Å². The number of hydrogen-bond donors (Lipinski definition) is 0. The Balaban J connectivity index is 2.13. The van der Waals surface area contributed by atoms with Crippen molar-refractivity contribution in [3.05, 3.63) is 47.3 Å². The monoisotopic (exact) mass is 332 g/mol. The minimum absolute atomic E-state index is 0.116. The van der Waals surface area contributed by atoms with E-state index >= 15 is 0 Å². The lowest BCUT2D eigenvalue weighted by Gasteiger charge is -2.22. The fraction of sp³-hybridized carbons (Fsp3) is 0.444. The van der Waals surface area contributed by atoms with E-state index in [2.05, 4.69) is 19.0 Å². The minimum Gasteiger partial charge on any atom is -0.360 e. The van der Waals surface area contributed by atoms with Crippen LogP contribution in [-0.4, -0.2) is 29.1 Å². The molecule has 4 nitrogen and oxygen atoms in total. The number of benzene rings is 1. The largest absolute Gasteiger partial charge is 0.360 e. The normalized spacial score (nSPS) is 10.7. The summed E-state index contributed by atoms with van der Waals surface area (Å²) in [6, 6.07) is 9.73. The summed E-state index contributed by atoms with van der Waals surface area (Å²) in [5.74, 6) is 1.62. The maximum atomic E-state index is 12.8. The van der Waals surface area contributed by atoms with Gasteiger partial charge in [-0.2, -0.15) is 0 Å². The number of amides is 1. The van der Waals surface area contributed by atoms with Crippen LogP contribution in [0.1, 0.15) is 48.5 Å². The zero-order chi connectivity index (χ0) is 16.7. The topological polar surface area (TPSA) is 46.3 Å². The number of nitrogens with zero attached hydrogens (tertiary/aromatic N) is 2. The molecule has 0 aliphatic rings. The Bertz CT molecular complexity index is 633. The number of aryl methyl sites for hydroxylation is 1. The van der Waals surface area contributed by atoms with Crippen LogP contribution >= 0.6 is 11.8 Å². The first kappa shape index (κ1) is 17.6. The van der Waals surface area contributed by atoms with Crippen molar-refractivity contribution < 1.29 is 9.32 Å². The molecule has 0 N–H and O–H groups in total. The van der Waals surface area contributed by atoms with Crippen LogP contribution in [-0.2, 0) is 5.75 Å². The Kier molecular flexibility index (Phi) is 6.71. The molecule has 0 aliphatic carbocycles. The van der Waals surface area contributed by atoms with Gasteiger partial charge in [0.15, 0.2) is 0 Å². The molecule has 1 heterocycles. The highest BCUT2D eigenvalue weighted by atomic mass is 32.2. The Labute approximate surface area is 142 Å². The summed E-state index contributed by atoms with van der Waals surface area (Å²) in [6.07, 6.45) is 1.94. The Morgan fingerprint density at radius 1 is 1.22 bits per heavy atom. The molecule has 0 atom stereocenters. The number of carbonyl (C=O) groups is 1. The van der Waals surface area contributed by atoms with Gasteiger partial charge >= 0.3 is 0 Å². The summed E-state index contributed by atoms with van der Waals surface area (Å²) in [4.78, 5) is 15.8. The first-order valence-corrected chi connectivity index (χ1v) is 9.07. The fourth-order valence-electron chi connectivity index (χ4n) is 2.43. The lowest BCUT2D eigenvalue weighted by molar-refractivity contribution is 0.0752. The first-order valence-electron chi connectivity index (χ1n) is 8.09. The van der Waals surface area contributed by atoms with Crippen LogP contribution in [0.5, 0.6) is 0 Å². The van der Waals surface area contributed by atoms with Crippen molar-refractivity contribution in [2.75, 3.05) is 13.1 Å². The van der Waals surface area contributed by atoms with Crippen LogP contribution in [0.4, 0.5) is 0 Å². The van der Waals surface area contributed by atoms with Crippen molar-refractivity contribution >= 4 is 17.7 Å². The highest BCUT2D eigenvalue weighted by molar-refractivity contribution is 7.98. The molecule has 0 aliphatic heterocycles. The molecule has 2 rings (SSSR count). The van der Waals surface area contributed by atoms with Gasteiger partial charge in [-0.25, -0.2) is 0 Å². The summed E-state index contributed by atoms with van der Waals surface area (Å²) >= 11 is 1.61. The third-order valence-corrected chi connectivity index (χ3v) is 4.53. The SMILES string of the molecule is CCCN(CCC)C(=O)c1ccccc1SCc1cc(C)no1. The van der Waals surface area contributed by atoms with Gasteiger partial charge in [-0.15, -0.1) is 11.8 Å². The van der Waals surface area contributed by atoms with Gasteiger partial charge in [-0.05, 0) is 31.9 Å². The summed E-state index contributed by atoms with van der Waals surface area (Å²) in [5.41, 5.74) is 1.65. The van der Waals surface area contributed by atoms with Crippen LogP contribution in [0, 0.1) is 6.92 Å². The van der Waals surface area contributed by atoms with Crippen molar-refractivity contribution in [1.29, 1.82) is 0 Å². The summed E-state index contributed by atoms with van der Waals surface area (Å²) in [6.45, 7) is 7.70. The second-order valence-electron chi connectivity index (χ2n) is 5.51. The van der Waals surface area contributed by atoms with Crippen molar-refractivity contribution in [2.24, 2.45) is 0 Å². The molecule has 0 radical (unpaired) electrons. The van der Waals surface area contributed by atoms with Crippen LogP contribution in [0.3, 0.4) is 0 Å². The molecule has 0 saturated carbocycles.